The Morgan fingerprint density at radius 2 is 2.12 bits per heavy atom. The number of thiophene rings is 1. The van der Waals surface area contributed by atoms with Crippen LogP contribution in [0.15, 0.2) is 27.4 Å². The molecule has 0 aromatic carbocycles. The maximum Gasteiger partial charge on any atom is 0.126 e. The molecule has 0 amide bonds. The molecular weight excluding hydrogens is 284 g/mol. The lowest BCUT2D eigenvalue weighted by atomic mass is 10.2. The van der Waals surface area contributed by atoms with Gasteiger partial charge >= 0.3 is 0 Å². The lowest BCUT2D eigenvalue weighted by molar-refractivity contribution is 1.08. The highest BCUT2D eigenvalue weighted by atomic mass is 79.9. The molecule has 2 rings (SSSR count). The van der Waals surface area contributed by atoms with Crippen LogP contribution in [0.25, 0.3) is 0 Å². The van der Waals surface area contributed by atoms with E-state index >= 15 is 0 Å². The fourth-order valence-corrected chi connectivity index (χ4v) is 2.47. The first-order valence-corrected chi connectivity index (χ1v) is 6.79. The standard InChI is InChI=1S/C12H13BrN2S/c1-8-6-16-7-10(8)5-14-12-4-3-11(13)9(2)15-12/h3-4,6-7H,5H2,1-2H3,(H,14,15). The van der Waals surface area contributed by atoms with Gasteiger partial charge in [-0.2, -0.15) is 11.3 Å². The molecule has 4 heteroatoms. The van der Waals surface area contributed by atoms with Crippen molar-refractivity contribution in [3.05, 3.63) is 44.2 Å². The molecule has 1 N–H and O–H groups in total. The van der Waals surface area contributed by atoms with Crippen molar-refractivity contribution in [1.82, 2.24) is 4.98 Å². The van der Waals surface area contributed by atoms with Crippen molar-refractivity contribution in [1.29, 1.82) is 0 Å². The van der Waals surface area contributed by atoms with Gasteiger partial charge in [0.05, 0.1) is 5.69 Å². The molecule has 0 saturated heterocycles. The van der Waals surface area contributed by atoms with Gasteiger partial charge in [-0.05, 0) is 63.8 Å². The highest BCUT2D eigenvalue weighted by Crippen LogP contribution is 2.18. The Labute approximate surface area is 108 Å². The number of hydrogen-bond donors (Lipinski definition) is 1. The zero-order valence-corrected chi connectivity index (χ0v) is 11.7. The third kappa shape index (κ3) is 2.62. The van der Waals surface area contributed by atoms with E-state index in [0.29, 0.717) is 0 Å². The summed E-state index contributed by atoms with van der Waals surface area (Å²) in [6.07, 6.45) is 0. The van der Waals surface area contributed by atoms with E-state index in [2.05, 4.69) is 43.9 Å². The number of aryl methyl sites for hydroxylation is 2. The molecule has 2 nitrogen and oxygen atoms in total. The second-order valence-electron chi connectivity index (χ2n) is 3.70. The molecule has 0 spiro atoms. The van der Waals surface area contributed by atoms with Crippen molar-refractivity contribution in [3.63, 3.8) is 0 Å². The van der Waals surface area contributed by atoms with Crippen molar-refractivity contribution in [2.45, 2.75) is 20.4 Å². The summed E-state index contributed by atoms with van der Waals surface area (Å²) in [5.74, 6) is 0.923. The molecule has 0 atom stereocenters. The van der Waals surface area contributed by atoms with Gasteiger partial charge in [0.2, 0.25) is 0 Å². The predicted octanol–water partition coefficient (Wildman–Crippen LogP) is 4.13. The van der Waals surface area contributed by atoms with Crippen LogP contribution < -0.4 is 5.32 Å². The molecule has 0 bridgehead atoms. The first-order chi connectivity index (χ1) is 7.66. The monoisotopic (exact) mass is 296 g/mol. The molecule has 0 aliphatic rings. The molecule has 0 aliphatic heterocycles. The zero-order valence-electron chi connectivity index (χ0n) is 9.25. The summed E-state index contributed by atoms with van der Waals surface area (Å²) in [6.45, 7) is 4.96. The van der Waals surface area contributed by atoms with E-state index in [1.807, 2.05) is 19.1 Å². The molecule has 0 unspecified atom stereocenters. The number of pyridine rings is 1. The highest BCUT2D eigenvalue weighted by molar-refractivity contribution is 9.10. The van der Waals surface area contributed by atoms with Crippen LogP contribution in [0.1, 0.15) is 16.8 Å². The fraction of sp³-hybridized carbons (Fsp3) is 0.250. The lowest BCUT2D eigenvalue weighted by Gasteiger charge is -2.06. The maximum absolute atomic E-state index is 4.45. The van der Waals surface area contributed by atoms with Gasteiger partial charge in [0.15, 0.2) is 0 Å². The number of anilines is 1. The largest absolute Gasteiger partial charge is 0.366 e. The van der Waals surface area contributed by atoms with Crippen molar-refractivity contribution in [3.8, 4) is 0 Å². The summed E-state index contributed by atoms with van der Waals surface area (Å²) in [5, 5.41) is 7.67. The fourth-order valence-electron chi connectivity index (χ4n) is 1.40. The van der Waals surface area contributed by atoms with Gasteiger partial charge in [0.1, 0.15) is 5.82 Å². The molecule has 2 heterocycles. The van der Waals surface area contributed by atoms with E-state index < -0.39 is 0 Å². The minimum atomic E-state index is 0.837. The number of aromatic nitrogens is 1. The maximum atomic E-state index is 4.45. The Bertz CT molecular complexity index is 494. The number of nitrogens with zero attached hydrogens (tertiary/aromatic N) is 1. The molecule has 84 valence electrons. The number of rotatable bonds is 3. The Balaban J connectivity index is 2.05. The van der Waals surface area contributed by atoms with Crippen molar-refractivity contribution >= 4 is 33.1 Å². The van der Waals surface area contributed by atoms with Gasteiger partial charge in [0, 0.05) is 11.0 Å². The molecule has 2 aromatic rings. The van der Waals surface area contributed by atoms with Gasteiger partial charge in [0.25, 0.3) is 0 Å². The summed E-state index contributed by atoms with van der Waals surface area (Å²) >= 11 is 5.18. The number of nitrogens with one attached hydrogen (secondary N) is 1. The highest BCUT2D eigenvalue weighted by Gasteiger charge is 2.01. The van der Waals surface area contributed by atoms with Crippen LogP contribution in [0.3, 0.4) is 0 Å². The Morgan fingerprint density at radius 1 is 1.31 bits per heavy atom. The normalized spacial score (nSPS) is 10.4. The Hall–Kier alpha value is -0.870. The summed E-state index contributed by atoms with van der Waals surface area (Å²) in [7, 11) is 0. The second kappa shape index (κ2) is 4.97. The third-order valence-electron chi connectivity index (χ3n) is 2.44. The van der Waals surface area contributed by atoms with Gasteiger partial charge in [-0.15, -0.1) is 0 Å². The van der Waals surface area contributed by atoms with Gasteiger partial charge < -0.3 is 5.32 Å². The van der Waals surface area contributed by atoms with Crippen molar-refractivity contribution in [2.75, 3.05) is 5.32 Å². The van der Waals surface area contributed by atoms with E-state index in [-0.39, 0.29) is 0 Å². The van der Waals surface area contributed by atoms with Crippen LogP contribution in [-0.4, -0.2) is 4.98 Å². The zero-order chi connectivity index (χ0) is 11.5. The van der Waals surface area contributed by atoms with Gasteiger partial charge in [-0.3, -0.25) is 0 Å². The van der Waals surface area contributed by atoms with Crippen LogP contribution in [0.4, 0.5) is 5.82 Å². The second-order valence-corrected chi connectivity index (χ2v) is 5.30. The minimum absolute atomic E-state index is 0.837. The van der Waals surface area contributed by atoms with Gasteiger partial charge in [-0.25, -0.2) is 4.98 Å². The van der Waals surface area contributed by atoms with E-state index in [1.165, 1.54) is 11.1 Å². The predicted molar refractivity (Wildman–Crippen MR) is 73.1 cm³/mol. The van der Waals surface area contributed by atoms with Crippen LogP contribution in [-0.2, 0) is 6.54 Å². The average molecular weight is 297 g/mol. The van der Waals surface area contributed by atoms with Crippen LogP contribution >= 0.6 is 27.3 Å². The summed E-state index contributed by atoms with van der Waals surface area (Å²) in [6, 6.07) is 4.00. The van der Waals surface area contributed by atoms with Crippen molar-refractivity contribution < 1.29 is 0 Å². The topological polar surface area (TPSA) is 24.9 Å². The van der Waals surface area contributed by atoms with Crippen LogP contribution in [0, 0.1) is 13.8 Å². The summed E-state index contributed by atoms with van der Waals surface area (Å²) in [5.41, 5.74) is 3.69. The summed E-state index contributed by atoms with van der Waals surface area (Å²) in [4.78, 5) is 4.45. The quantitative estimate of drug-likeness (QED) is 0.921. The first kappa shape index (κ1) is 11.6. The Kier molecular flexibility index (Phi) is 3.61. The Morgan fingerprint density at radius 3 is 2.75 bits per heavy atom. The summed E-state index contributed by atoms with van der Waals surface area (Å²) < 4.78 is 1.05. The van der Waals surface area contributed by atoms with E-state index in [1.54, 1.807) is 11.3 Å². The molecule has 0 radical (unpaired) electrons. The molecule has 0 aliphatic carbocycles. The molecule has 0 saturated carbocycles. The number of hydrogen-bond acceptors (Lipinski definition) is 3. The van der Waals surface area contributed by atoms with E-state index in [0.717, 1.165) is 22.5 Å². The van der Waals surface area contributed by atoms with Crippen molar-refractivity contribution in [2.24, 2.45) is 0 Å². The smallest absolute Gasteiger partial charge is 0.126 e. The average Bonchev–Trinajstić information content (AvgIpc) is 2.66. The molecular formula is C12H13BrN2S. The van der Waals surface area contributed by atoms with Gasteiger partial charge in [-0.1, -0.05) is 0 Å². The lowest BCUT2D eigenvalue weighted by Crippen LogP contribution is -2.02. The minimum Gasteiger partial charge on any atom is -0.366 e. The SMILES string of the molecule is Cc1cscc1CNc1ccc(Br)c(C)n1. The first-order valence-electron chi connectivity index (χ1n) is 5.05. The van der Waals surface area contributed by atoms with E-state index in [9.17, 15) is 0 Å². The molecule has 16 heavy (non-hydrogen) atoms. The number of halogens is 1. The van der Waals surface area contributed by atoms with Crippen LogP contribution in [0.5, 0.6) is 0 Å². The van der Waals surface area contributed by atoms with E-state index in [4.69, 9.17) is 0 Å². The van der Waals surface area contributed by atoms with Crippen LogP contribution in [0.2, 0.25) is 0 Å². The third-order valence-corrected chi connectivity index (χ3v) is 4.19. The molecule has 0 fully saturated rings. The molecule has 2 aromatic heterocycles.